The summed E-state index contributed by atoms with van der Waals surface area (Å²) in [5, 5.41) is 12.5. The van der Waals surface area contributed by atoms with E-state index in [1.165, 1.54) is 17.3 Å². The number of nitrogens with zero attached hydrogens (tertiary/aromatic N) is 4. The Morgan fingerprint density at radius 3 is 2.81 bits per heavy atom. The van der Waals surface area contributed by atoms with E-state index in [-0.39, 0.29) is 5.97 Å². The van der Waals surface area contributed by atoms with Crippen LogP contribution in [0.5, 0.6) is 0 Å². The van der Waals surface area contributed by atoms with Crippen LogP contribution >= 0.6 is 11.8 Å². The van der Waals surface area contributed by atoms with Crippen LogP contribution in [-0.2, 0) is 9.53 Å². The Bertz CT molecular complexity index is 583. The molecule has 0 bridgehead atoms. The summed E-state index contributed by atoms with van der Waals surface area (Å²) in [4.78, 5) is 11.2. The first-order valence-corrected chi connectivity index (χ1v) is 7.83. The monoisotopic (exact) mass is 306 g/mol. The minimum absolute atomic E-state index is 0.156. The predicted molar refractivity (Wildman–Crippen MR) is 80.5 cm³/mol. The van der Waals surface area contributed by atoms with Crippen LogP contribution in [0.15, 0.2) is 29.4 Å². The van der Waals surface area contributed by atoms with Gasteiger partial charge in [-0.25, -0.2) is 0 Å². The third kappa shape index (κ3) is 4.56. The van der Waals surface area contributed by atoms with Gasteiger partial charge in [0, 0.05) is 12.2 Å². The van der Waals surface area contributed by atoms with Gasteiger partial charge in [0.05, 0.1) is 12.3 Å². The fraction of sp³-hybridized carbons (Fsp3) is 0.429. The second-order valence-electron chi connectivity index (χ2n) is 4.47. The molecule has 0 aliphatic heterocycles. The van der Waals surface area contributed by atoms with Crippen molar-refractivity contribution in [2.24, 2.45) is 0 Å². The van der Waals surface area contributed by atoms with E-state index < -0.39 is 0 Å². The second kappa shape index (κ2) is 7.78. The molecule has 0 saturated carbocycles. The van der Waals surface area contributed by atoms with Gasteiger partial charge < -0.3 is 4.74 Å². The summed E-state index contributed by atoms with van der Waals surface area (Å²) in [7, 11) is 0. The van der Waals surface area contributed by atoms with Crippen LogP contribution in [-0.4, -0.2) is 38.5 Å². The molecular formula is C14H18N4O2S. The van der Waals surface area contributed by atoms with Crippen molar-refractivity contribution in [3.8, 4) is 5.69 Å². The highest BCUT2D eigenvalue weighted by atomic mass is 32.2. The maximum atomic E-state index is 11.2. The summed E-state index contributed by atoms with van der Waals surface area (Å²) in [5.41, 5.74) is 2.12. The molecule has 0 radical (unpaired) electrons. The minimum Gasteiger partial charge on any atom is -0.466 e. The maximum absolute atomic E-state index is 11.2. The molecule has 0 aliphatic rings. The lowest BCUT2D eigenvalue weighted by atomic mass is 10.2. The lowest BCUT2D eigenvalue weighted by molar-refractivity contribution is -0.143. The summed E-state index contributed by atoms with van der Waals surface area (Å²) in [6.45, 7) is 4.27. The number of thioether (sulfide) groups is 1. The molecule has 0 spiro atoms. The fourth-order valence-electron chi connectivity index (χ4n) is 1.73. The van der Waals surface area contributed by atoms with Gasteiger partial charge in [0.25, 0.3) is 0 Å². The molecule has 0 aliphatic carbocycles. The predicted octanol–water partition coefficient (Wildman–Crippen LogP) is 2.41. The van der Waals surface area contributed by atoms with Gasteiger partial charge in [0.15, 0.2) is 0 Å². The smallest absolute Gasteiger partial charge is 0.305 e. The summed E-state index contributed by atoms with van der Waals surface area (Å²) in [6, 6.07) is 8.00. The van der Waals surface area contributed by atoms with Gasteiger partial charge in [-0.3, -0.25) is 4.79 Å². The molecule has 1 heterocycles. The molecule has 112 valence electrons. The summed E-state index contributed by atoms with van der Waals surface area (Å²) >= 11 is 1.53. The first kappa shape index (κ1) is 15.5. The van der Waals surface area contributed by atoms with Crippen molar-refractivity contribution >= 4 is 17.7 Å². The van der Waals surface area contributed by atoms with Crippen molar-refractivity contribution in [3.63, 3.8) is 0 Å². The van der Waals surface area contributed by atoms with Gasteiger partial charge in [0.1, 0.15) is 0 Å². The molecule has 0 saturated heterocycles. The molecule has 7 heteroatoms. The van der Waals surface area contributed by atoms with Gasteiger partial charge >= 0.3 is 5.97 Å². The molecule has 6 nitrogen and oxygen atoms in total. The number of esters is 1. The van der Waals surface area contributed by atoms with E-state index in [1.54, 1.807) is 4.68 Å². The first-order chi connectivity index (χ1) is 10.2. The maximum Gasteiger partial charge on any atom is 0.305 e. The lowest BCUT2D eigenvalue weighted by Crippen LogP contribution is -2.04. The van der Waals surface area contributed by atoms with E-state index in [4.69, 9.17) is 4.74 Å². The standard InChI is InChI=1S/C14H18N4O2S/c1-3-20-13(19)5-4-10-21-14-15-16-17-18(14)12-8-6-11(2)7-9-12/h6-9H,3-5,10H2,1-2H3. The SMILES string of the molecule is CCOC(=O)CCCSc1nnnn1-c1ccc(C)cc1. The molecule has 0 unspecified atom stereocenters. The molecule has 0 atom stereocenters. The molecule has 0 fully saturated rings. The number of hydrogen-bond acceptors (Lipinski definition) is 6. The van der Waals surface area contributed by atoms with E-state index in [9.17, 15) is 4.79 Å². The number of benzene rings is 1. The summed E-state index contributed by atoms with van der Waals surface area (Å²) in [5.74, 6) is 0.613. The Hall–Kier alpha value is -1.89. The molecule has 2 rings (SSSR count). The largest absolute Gasteiger partial charge is 0.466 e. The zero-order chi connectivity index (χ0) is 15.1. The van der Waals surface area contributed by atoms with E-state index >= 15 is 0 Å². The van der Waals surface area contributed by atoms with E-state index in [0.717, 1.165) is 23.0 Å². The van der Waals surface area contributed by atoms with Crippen LogP contribution in [0.3, 0.4) is 0 Å². The Labute approximate surface area is 127 Å². The average molecular weight is 306 g/mol. The molecule has 1 aromatic carbocycles. The molecule has 21 heavy (non-hydrogen) atoms. The van der Waals surface area contributed by atoms with Gasteiger partial charge in [-0.2, -0.15) is 4.68 Å². The van der Waals surface area contributed by atoms with Crippen LogP contribution in [0.25, 0.3) is 5.69 Å². The Morgan fingerprint density at radius 1 is 1.33 bits per heavy atom. The van der Waals surface area contributed by atoms with Gasteiger partial charge in [-0.1, -0.05) is 29.5 Å². The zero-order valence-corrected chi connectivity index (χ0v) is 13.0. The third-order valence-corrected chi connectivity index (χ3v) is 3.79. The highest BCUT2D eigenvalue weighted by Crippen LogP contribution is 2.19. The summed E-state index contributed by atoms with van der Waals surface area (Å²) < 4.78 is 6.59. The van der Waals surface area contributed by atoms with Gasteiger partial charge in [-0.15, -0.1) is 5.10 Å². The molecule has 2 aromatic rings. The Balaban J connectivity index is 1.89. The van der Waals surface area contributed by atoms with Gasteiger partial charge in [0.2, 0.25) is 5.16 Å². The van der Waals surface area contributed by atoms with Gasteiger partial charge in [-0.05, 0) is 42.8 Å². The number of carbonyl (C=O) groups is 1. The van der Waals surface area contributed by atoms with E-state index in [1.807, 2.05) is 38.1 Å². The zero-order valence-electron chi connectivity index (χ0n) is 12.2. The lowest BCUT2D eigenvalue weighted by Gasteiger charge is -2.04. The number of carbonyl (C=O) groups excluding carboxylic acids is 1. The van der Waals surface area contributed by atoms with Crippen LogP contribution in [0.4, 0.5) is 0 Å². The number of aryl methyl sites for hydroxylation is 1. The third-order valence-electron chi connectivity index (χ3n) is 2.78. The molecular weight excluding hydrogens is 288 g/mol. The number of ether oxygens (including phenoxy) is 1. The quantitative estimate of drug-likeness (QED) is 0.444. The minimum atomic E-state index is -0.156. The second-order valence-corrected chi connectivity index (χ2v) is 5.53. The highest BCUT2D eigenvalue weighted by Gasteiger charge is 2.09. The summed E-state index contributed by atoms with van der Waals surface area (Å²) in [6.07, 6.45) is 1.16. The normalized spacial score (nSPS) is 10.6. The van der Waals surface area contributed by atoms with Crippen molar-refractivity contribution in [2.75, 3.05) is 12.4 Å². The van der Waals surface area contributed by atoms with Crippen molar-refractivity contribution in [2.45, 2.75) is 31.8 Å². The van der Waals surface area contributed by atoms with E-state index in [2.05, 4.69) is 15.5 Å². The number of hydrogen-bond donors (Lipinski definition) is 0. The molecule has 0 amide bonds. The van der Waals surface area contributed by atoms with Crippen LogP contribution in [0.1, 0.15) is 25.3 Å². The van der Waals surface area contributed by atoms with Crippen LogP contribution in [0.2, 0.25) is 0 Å². The van der Waals surface area contributed by atoms with E-state index in [0.29, 0.717) is 13.0 Å². The molecule has 0 N–H and O–H groups in total. The van der Waals surface area contributed by atoms with Crippen LogP contribution < -0.4 is 0 Å². The number of rotatable bonds is 7. The fourth-order valence-corrected chi connectivity index (χ4v) is 2.56. The molecule has 1 aromatic heterocycles. The topological polar surface area (TPSA) is 69.9 Å². The Morgan fingerprint density at radius 2 is 2.10 bits per heavy atom. The van der Waals surface area contributed by atoms with Crippen molar-refractivity contribution < 1.29 is 9.53 Å². The van der Waals surface area contributed by atoms with Crippen molar-refractivity contribution in [3.05, 3.63) is 29.8 Å². The highest BCUT2D eigenvalue weighted by molar-refractivity contribution is 7.99. The van der Waals surface area contributed by atoms with Crippen LogP contribution in [0, 0.1) is 6.92 Å². The van der Waals surface area contributed by atoms with Crippen molar-refractivity contribution in [1.82, 2.24) is 20.2 Å². The Kier molecular flexibility index (Phi) is 5.74. The van der Waals surface area contributed by atoms with Crippen molar-refractivity contribution in [1.29, 1.82) is 0 Å². The number of tetrazole rings is 1. The number of aromatic nitrogens is 4. The average Bonchev–Trinajstić information content (AvgIpc) is 2.93. The first-order valence-electron chi connectivity index (χ1n) is 6.84.